The van der Waals surface area contributed by atoms with Crippen LogP contribution in [0.1, 0.15) is 25.7 Å². The van der Waals surface area contributed by atoms with Crippen LogP contribution in [0.2, 0.25) is 0 Å². The van der Waals surface area contributed by atoms with E-state index in [2.05, 4.69) is 50.3 Å². The SMILES string of the molecule is NNC(=O)CCCCCn1cc(Br)c2ccccc21. The van der Waals surface area contributed by atoms with Gasteiger partial charge in [-0.2, -0.15) is 0 Å². The summed E-state index contributed by atoms with van der Waals surface area (Å²) < 4.78 is 3.38. The molecule has 2 aromatic rings. The standard InChI is InChI=1S/C14H18BrN3O/c15-12-10-18(13-7-4-3-6-11(12)13)9-5-1-2-8-14(19)17-16/h3-4,6-7,10H,1-2,5,8-9,16H2,(H,17,19). The fraction of sp³-hybridized carbons (Fsp3) is 0.357. The molecule has 0 aliphatic rings. The number of hydrogen-bond donors (Lipinski definition) is 2. The van der Waals surface area contributed by atoms with Crippen molar-refractivity contribution < 1.29 is 4.79 Å². The Morgan fingerprint density at radius 1 is 1.26 bits per heavy atom. The summed E-state index contributed by atoms with van der Waals surface area (Å²) in [7, 11) is 0. The molecule has 5 heteroatoms. The molecular weight excluding hydrogens is 306 g/mol. The minimum atomic E-state index is -0.0887. The Labute approximate surface area is 121 Å². The third-order valence-electron chi connectivity index (χ3n) is 3.20. The number of carbonyl (C=O) groups excluding carboxylic acids is 1. The van der Waals surface area contributed by atoms with Crippen LogP contribution in [0, 0.1) is 0 Å². The van der Waals surface area contributed by atoms with Crippen LogP contribution in [0.5, 0.6) is 0 Å². The normalized spacial score (nSPS) is 10.8. The van der Waals surface area contributed by atoms with Gasteiger partial charge in [-0.05, 0) is 34.8 Å². The van der Waals surface area contributed by atoms with Gasteiger partial charge in [-0.25, -0.2) is 5.84 Å². The summed E-state index contributed by atoms with van der Waals surface area (Å²) in [6.07, 6.45) is 5.59. The van der Waals surface area contributed by atoms with Gasteiger partial charge in [-0.15, -0.1) is 0 Å². The first kappa shape index (κ1) is 14.1. The van der Waals surface area contributed by atoms with E-state index < -0.39 is 0 Å². The average Bonchev–Trinajstić information content (AvgIpc) is 2.75. The maximum absolute atomic E-state index is 11.0. The van der Waals surface area contributed by atoms with Crippen LogP contribution >= 0.6 is 15.9 Å². The monoisotopic (exact) mass is 323 g/mol. The van der Waals surface area contributed by atoms with Crippen molar-refractivity contribution >= 4 is 32.7 Å². The number of nitrogens with two attached hydrogens (primary N) is 1. The molecular formula is C14H18BrN3O. The topological polar surface area (TPSA) is 60.0 Å². The molecule has 3 N–H and O–H groups in total. The number of fused-ring (bicyclic) bond motifs is 1. The van der Waals surface area contributed by atoms with Gasteiger partial charge in [0, 0.05) is 34.5 Å². The zero-order valence-electron chi connectivity index (χ0n) is 10.7. The lowest BCUT2D eigenvalue weighted by Gasteiger charge is -2.05. The van der Waals surface area contributed by atoms with E-state index in [1.54, 1.807) is 0 Å². The Balaban J connectivity index is 1.87. The van der Waals surface area contributed by atoms with E-state index in [1.165, 1.54) is 10.9 Å². The quantitative estimate of drug-likeness (QED) is 0.371. The van der Waals surface area contributed by atoms with E-state index in [-0.39, 0.29) is 5.91 Å². The molecule has 19 heavy (non-hydrogen) atoms. The first-order valence-electron chi connectivity index (χ1n) is 6.45. The molecule has 2 rings (SSSR count). The number of aromatic nitrogens is 1. The zero-order chi connectivity index (χ0) is 13.7. The van der Waals surface area contributed by atoms with E-state index in [0.717, 1.165) is 30.3 Å². The molecule has 0 saturated carbocycles. The number of unbranched alkanes of at least 4 members (excludes halogenated alkanes) is 2. The highest BCUT2D eigenvalue weighted by molar-refractivity contribution is 9.10. The van der Waals surface area contributed by atoms with Gasteiger partial charge in [0.15, 0.2) is 0 Å². The second-order valence-corrected chi connectivity index (χ2v) is 5.42. The molecule has 1 heterocycles. The highest BCUT2D eigenvalue weighted by atomic mass is 79.9. The molecule has 0 unspecified atom stereocenters. The van der Waals surface area contributed by atoms with Crippen LogP contribution in [0.3, 0.4) is 0 Å². The van der Waals surface area contributed by atoms with Gasteiger partial charge >= 0.3 is 0 Å². The Bertz CT molecular complexity index is 565. The maximum Gasteiger partial charge on any atom is 0.233 e. The smallest absolute Gasteiger partial charge is 0.233 e. The first-order valence-corrected chi connectivity index (χ1v) is 7.24. The Hall–Kier alpha value is -1.33. The number of carbonyl (C=O) groups is 1. The molecule has 4 nitrogen and oxygen atoms in total. The van der Waals surface area contributed by atoms with Gasteiger partial charge in [0.1, 0.15) is 0 Å². The van der Waals surface area contributed by atoms with Gasteiger partial charge < -0.3 is 4.57 Å². The van der Waals surface area contributed by atoms with E-state index >= 15 is 0 Å². The predicted octanol–water partition coefficient (Wildman–Crippen LogP) is 2.95. The first-order chi connectivity index (χ1) is 9.22. The molecule has 1 amide bonds. The number of amides is 1. The molecule has 0 atom stereocenters. The van der Waals surface area contributed by atoms with Gasteiger partial charge in [-0.3, -0.25) is 10.2 Å². The second-order valence-electron chi connectivity index (χ2n) is 4.57. The molecule has 1 aromatic heterocycles. The zero-order valence-corrected chi connectivity index (χ0v) is 12.3. The molecule has 0 radical (unpaired) electrons. The predicted molar refractivity (Wildman–Crippen MR) is 80.4 cm³/mol. The third-order valence-corrected chi connectivity index (χ3v) is 3.84. The van der Waals surface area contributed by atoms with Crippen LogP contribution in [0.25, 0.3) is 10.9 Å². The molecule has 0 aliphatic carbocycles. The van der Waals surface area contributed by atoms with Crippen molar-refractivity contribution in [2.24, 2.45) is 5.84 Å². The van der Waals surface area contributed by atoms with Crippen molar-refractivity contribution in [2.75, 3.05) is 0 Å². The number of hydrazine groups is 1. The summed E-state index contributed by atoms with van der Waals surface area (Å²) in [5, 5.41) is 1.24. The maximum atomic E-state index is 11.0. The van der Waals surface area contributed by atoms with Crippen LogP contribution < -0.4 is 11.3 Å². The summed E-state index contributed by atoms with van der Waals surface area (Å²) in [6, 6.07) is 8.34. The fourth-order valence-corrected chi connectivity index (χ4v) is 2.79. The molecule has 0 saturated heterocycles. The third kappa shape index (κ3) is 3.58. The molecule has 0 bridgehead atoms. The second kappa shape index (κ2) is 6.73. The highest BCUT2D eigenvalue weighted by Gasteiger charge is 2.05. The summed E-state index contributed by atoms with van der Waals surface area (Å²) in [6.45, 7) is 0.969. The fourth-order valence-electron chi connectivity index (χ4n) is 2.20. The van der Waals surface area contributed by atoms with E-state index in [9.17, 15) is 4.79 Å². The van der Waals surface area contributed by atoms with Crippen molar-refractivity contribution in [3.8, 4) is 0 Å². The Kier molecular flexibility index (Phi) is 4.99. The lowest BCUT2D eigenvalue weighted by molar-refractivity contribution is -0.121. The molecule has 102 valence electrons. The van der Waals surface area contributed by atoms with Gasteiger partial charge in [-0.1, -0.05) is 24.6 Å². The van der Waals surface area contributed by atoms with Gasteiger partial charge in [0.05, 0.1) is 0 Å². The van der Waals surface area contributed by atoms with Crippen molar-refractivity contribution in [2.45, 2.75) is 32.2 Å². The van der Waals surface area contributed by atoms with E-state index in [0.29, 0.717) is 6.42 Å². The molecule has 1 aromatic carbocycles. The molecule has 0 aliphatic heterocycles. The van der Waals surface area contributed by atoms with Crippen LogP contribution in [-0.2, 0) is 11.3 Å². The minimum Gasteiger partial charge on any atom is -0.346 e. The van der Waals surface area contributed by atoms with E-state index in [1.807, 2.05) is 6.07 Å². The van der Waals surface area contributed by atoms with Crippen molar-refractivity contribution in [1.29, 1.82) is 0 Å². The van der Waals surface area contributed by atoms with Crippen molar-refractivity contribution in [3.63, 3.8) is 0 Å². The largest absolute Gasteiger partial charge is 0.346 e. The molecule has 0 fully saturated rings. The summed E-state index contributed by atoms with van der Waals surface area (Å²) in [4.78, 5) is 11.0. The Morgan fingerprint density at radius 3 is 2.84 bits per heavy atom. The summed E-state index contributed by atoms with van der Waals surface area (Å²) in [5.41, 5.74) is 3.40. The highest BCUT2D eigenvalue weighted by Crippen LogP contribution is 2.26. The number of aryl methyl sites for hydroxylation is 1. The lowest BCUT2D eigenvalue weighted by atomic mass is 10.2. The summed E-state index contributed by atoms with van der Waals surface area (Å²) in [5.74, 6) is 4.95. The van der Waals surface area contributed by atoms with Crippen molar-refractivity contribution in [3.05, 3.63) is 34.9 Å². The molecule has 0 spiro atoms. The summed E-state index contributed by atoms with van der Waals surface area (Å²) >= 11 is 3.58. The number of rotatable bonds is 6. The van der Waals surface area contributed by atoms with E-state index in [4.69, 9.17) is 5.84 Å². The number of halogens is 1. The van der Waals surface area contributed by atoms with Crippen molar-refractivity contribution in [1.82, 2.24) is 9.99 Å². The lowest BCUT2D eigenvalue weighted by Crippen LogP contribution is -2.29. The Morgan fingerprint density at radius 2 is 2.05 bits per heavy atom. The van der Waals surface area contributed by atoms with Crippen LogP contribution in [-0.4, -0.2) is 10.5 Å². The van der Waals surface area contributed by atoms with Crippen LogP contribution in [0.4, 0.5) is 0 Å². The number of nitrogens with zero attached hydrogens (tertiary/aromatic N) is 1. The number of benzene rings is 1. The average molecular weight is 324 g/mol. The number of para-hydroxylation sites is 1. The minimum absolute atomic E-state index is 0.0887. The number of hydrogen-bond acceptors (Lipinski definition) is 2. The van der Waals surface area contributed by atoms with Gasteiger partial charge in [0.2, 0.25) is 5.91 Å². The van der Waals surface area contributed by atoms with Crippen LogP contribution in [0.15, 0.2) is 34.9 Å². The van der Waals surface area contributed by atoms with Gasteiger partial charge in [0.25, 0.3) is 0 Å². The number of nitrogens with one attached hydrogen (secondary N) is 1.